The SMILES string of the molecule is Cc1ncsc1/C=C/c1ccc(Cl)cc1. The van der Waals surface area contributed by atoms with E-state index >= 15 is 0 Å². The average Bonchev–Trinajstić information content (AvgIpc) is 2.63. The van der Waals surface area contributed by atoms with Crippen molar-refractivity contribution in [1.29, 1.82) is 0 Å². The van der Waals surface area contributed by atoms with Crippen molar-refractivity contribution in [3.63, 3.8) is 0 Å². The number of benzene rings is 1. The number of hydrogen-bond acceptors (Lipinski definition) is 2. The van der Waals surface area contributed by atoms with E-state index in [0.29, 0.717) is 0 Å². The Kier molecular flexibility index (Phi) is 3.19. The van der Waals surface area contributed by atoms with Crippen molar-refractivity contribution in [1.82, 2.24) is 4.98 Å². The van der Waals surface area contributed by atoms with Crippen LogP contribution in [0, 0.1) is 6.92 Å². The largest absolute Gasteiger partial charge is 0.249 e. The maximum atomic E-state index is 5.80. The summed E-state index contributed by atoms with van der Waals surface area (Å²) in [5.41, 5.74) is 4.08. The molecule has 0 atom stereocenters. The lowest BCUT2D eigenvalue weighted by molar-refractivity contribution is 1.26. The fourth-order valence-corrected chi connectivity index (χ4v) is 2.04. The number of aryl methyl sites for hydroxylation is 1. The summed E-state index contributed by atoms with van der Waals surface area (Å²) in [6.07, 6.45) is 4.15. The number of nitrogens with zero attached hydrogens (tertiary/aromatic N) is 1. The van der Waals surface area contributed by atoms with E-state index in [0.717, 1.165) is 16.3 Å². The molecule has 0 fully saturated rings. The van der Waals surface area contributed by atoms with Gasteiger partial charge in [0.05, 0.1) is 11.2 Å². The zero-order chi connectivity index (χ0) is 10.7. The molecule has 1 heterocycles. The quantitative estimate of drug-likeness (QED) is 0.757. The molecule has 0 spiro atoms. The molecular weight excluding hydrogens is 226 g/mol. The Labute approximate surface area is 98.1 Å². The van der Waals surface area contributed by atoms with Gasteiger partial charge in [0.2, 0.25) is 0 Å². The second kappa shape index (κ2) is 4.60. The summed E-state index contributed by atoms with van der Waals surface area (Å²) in [5, 5.41) is 0.765. The highest BCUT2D eigenvalue weighted by molar-refractivity contribution is 7.10. The fraction of sp³-hybridized carbons (Fsp3) is 0.0833. The van der Waals surface area contributed by atoms with Crippen molar-refractivity contribution in [2.24, 2.45) is 0 Å². The lowest BCUT2D eigenvalue weighted by Gasteiger charge is -1.93. The zero-order valence-electron chi connectivity index (χ0n) is 8.27. The fourth-order valence-electron chi connectivity index (χ4n) is 1.22. The van der Waals surface area contributed by atoms with Gasteiger partial charge in [-0.1, -0.05) is 29.8 Å². The van der Waals surface area contributed by atoms with Gasteiger partial charge in [0.1, 0.15) is 0 Å². The van der Waals surface area contributed by atoms with Gasteiger partial charge in [-0.15, -0.1) is 11.3 Å². The molecule has 76 valence electrons. The molecule has 0 aliphatic rings. The maximum Gasteiger partial charge on any atom is 0.0801 e. The van der Waals surface area contributed by atoms with Gasteiger partial charge in [-0.2, -0.15) is 0 Å². The highest BCUT2D eigenvalue weighted by atomic mass is 35.5. The molecular formula is C12H10ClNS. The predicted octanol–water partition coefficient (Wildman–Crippen LogP) is 4.28. The molecule has 1 nitrogen and oxygen atoms in total. The van der Waals surface area contributed by atoms with Gasteiger partial charge in [0.15, 0.2) is 0 Å². The minimum Gasteiger partial charge on any atom is -0.249 e. The van der Waals surface area contributed by atoms with Crippen LogP contribution in [-0.2, 0) is 0 Å². The lowest BCUT2D eigenvalue weighted by atomic mass is 10.2. The predicted molar refractivity (Wildman–Crippen MR) is 67.2 cm³/mol. The van der Waals surface area contributed by atoms with Crippen molar-refractivity contribution >= 4 is 35.1 Å². The van der Waals surface area contributed by atoms with Crippen LogP contribution in [0.15, 0.2) is 29.8 Å². The molecule has 15 heavy (non-hydrogen) atoms. The Morgan fingerprint density at radius 1 is 1.20 bits per heavy atom. The molecule has 1 aromatic carbocycles. The van der Waals surface area contributed by atoms with E-state index in [1.807, 2.05) is 36.7 Å². The van der Waals surface area contributed by atoms with Crippen LogP contribution in [0.3, 0.4) is 0 Å². The van der Waals surface area contributed by atoms with Crippen LogP contribution >= 0.6 is 22.9 Å². The van der Waals surface area contributed by atoms with E-state index in [-0.39, 0.29) is 0 Å². The van der Waals surface area contributed by atoms with E-state index < -0.39 is 0 Å². The minimum atomic E-state index is 0.765. The second-order valence-electron chi connectivity index (χ2n) is 3.19. The van der Waals surface area contributed by atoms with E-state index in [4.69, 9.17) is 11.6 Å². The van der Waals surface area contributed by atoms with Crippen molar-refractivity contribution in [2.75, 3.05) is 0 Å². The topological polar surface area (TPSA) is 12.9 Å². The number of thiazole rings is 1. The first kappa shape index (κ1) is 10.4. The number of halogens is 1. The monoisotopic (exact) mass is 235 g/mol. The third-order valence-electron chi connectivity index (χ3n) is 2.08. The summed E-state index contributed by atoms with van der Waals surface area (Å²) in [6.45, 7) is 2.01. The summed E-state index contributed by atoms with van der Waals surface area (Å²) >= 11 is 7.45. The summed E-state index contributed by atoms with van der Waals surface area (Å²) in [5.74, 6) is 0. The van der Waals surface area contributed by atoms with Crippen molar-refractivity contribution in [3.8, 4) is 0 Å². The molecule has 0 aliphatic heterocycles. The van der Waals surface area contributed by atoms with Gasteiger partial charge in [0, 0.05) is 9.90 Å². The summed E-state index contributed by atoms with van der Waals surface area (Å²) in [4.78, 5) is 5.39. The Morgan fingerprint density at radius 2 is 1.93 bits per heavy atom. The van der Waals surface area contributed by atoms with Crippen LogP contribution in [0.4, 0.5) is 0 Å². The molecule has 2 rings (SSSR count). The van der Waals surface area contributed by atoms with E-state index in [1.54, 1.807) is 11.3 Å². The van der Waals surface area contributed by atoms with Crippen molar-refractivity contribution in [2.45, 2.75) is 6.92 Å². The van der Waals surface area contributed by atoms with Gasteiger partial charge >= 0.3 is 0 Å². The molecule has 0 unspecified atom stereocenters. The first-order chi connectivity index (χ1) is 7.25. The average molecular weight is 236 g/mol. The van der Waals surface area contributed by atoms with Crippen LogP contribution in [-0.4, -0.2) is 4.98 Å². The highest BCUT2D eigenvalue weighted by Crippen LogP contribution is 2.17. The first-order valence-corrected chi connectivity index (χ1v) is 5.85. The number of aromatic nitrogens is 1. The minimum absolute atomic E-state index is 0.765. The van der Waals surface area contributed by atoms with E-state index in [1.165, 1.54) is 4.88 Å². The van der Waals surface area contributed by atoms with Crippen LogP contribution in [0.5, 0.6) is 0 Å². The van der Waals surface area contributed by atoms with E-state index in [9.17, 15) is 0 Å². The summed E-state index contributed by atoms with van der Waals surface area (Å²) in [6, 6.07) is 7.77. The van der Waals surface area contributed by atoms with Gasteiger partial charge in [0.25, 0.3) is 0 Å². The third-order valence-corrected chi connectivity index (χ3v) is 3.23. The number of rotatable bonds is 2. The van der Waals surface area contributed by atoms with E-state index in [2.05, 4.69) is 17.1 Å². The van der Waals surface area contributed by atoms with Gasteiger partial charge in [-0.25, -0.2) is 4.98 Å². The molecule has 0 bridgehead atoms. The Balaban J connectivity index is 2.19. The third kappa shape index (κ3) is 2.67. The Hall–Kier alpha value is -1.12. The van der Waals surface area contributed by atoms with Crippen LogP contribution < -0.4 is 0 Å². The molecule has 0 saturated carbocycles. The molecule has 0 saturated heterocycles. The first-order valence-electron chi connectivity index (χ1n) is 4.59. The molecule has 0 amide bonds. The number of hydrogen-bond donors (Lipinski definition) is 0. The van der Waals surface area contributed by atoms with Gasteiger partial charge in [-0.05, 0) is 30.7 Å². The standard InChI is InChI=1S/C12H10ClNS/c1-9-12(15-8-14-9)7-4-10-2-5-11(13)6-3-10/h2-8H,1H3/b7-4+. The van der Waals surface area contributed by atoms with Gasteiger partial charge in [-0.3, -0.25) is 0 Å². The summed E-state index contributed by atoms with van der Waals surface area (Å²) in [7, 11) is 0. The van der Waals surface area contributed by atoms with Crippen LogP contribution in [0.2, 0.25) is 5.02 Å². The molecule has 0 radical (unpaired) electrons. The van der Waals surface area contributed by atoms with Gasteiger partial charge < -0.3 is 0 Å². The van der Waals surface area contributed by atoms with Crippen molar-refractivity contribution < 1.29 is 0 Å². The zero-order valence-corrected chi connectivity index (χ0v) is 9.85. The smallest absolute Gasteiger partial charge is 0.0801 e. The van der Waals surface area contributed by atoms with Crippen LogP contribution in [0.1, 0.15) is 16.1 Å². The Morgan fingerprint density at radius 3 is 2.53 bits per heavy atom. The highest BCUT2D eigenvalue weighted by Gasteiger charge is 1.95. The lowest BCUT2D eigenvalue weighted by Crippen LogP contribution is -1.73. The van der Waals surface area contributed by atoms with Crippen molar-refractivity contribution in [3.05, 3.63) is 50.9 Å². The normalized spacial score (nSPS) is 11.1. The molecule has 0 N–H and O–H groups in total. The molecule has 2 aromatic rings. The molecule has 1 aromatic heterocycles. The molecule has 0 aliphatic carbocycles. The second-order valence-corrected chi connectivity index (χ2v) is 4.51. The maximum absolute atomic E-state index is 5.80. The molecule has 3 heteroatoms. The van der Waals surface area contributed by atoms with Crippen LogP contribution in [0.25, 0.3) is 12.2 Å². The Bertz CT molecular complexity index is 471. The summed E-state index contributed by atoms with van der Waals surface area (Å²) < 4.78 is 0.